The van der Waals surface area contributed by atoms with E-state index in [1.165, 1.54) is 37.5 Å². The highest BCUT2D eigenvalue weighted by atomic mass is 16.5. The lowest BCUT2D eigenvalue weighted by Crippen LogP contribution is -2.58. The van der Waals surface area contributed by atoms with Crippen molar-refractivity contribution < 1.29 is 38.2 Å². The van der Waals surface area contributed by atoms with Crippen LogP contribution in [0.2, 0.25) is 0 Å². The van der Waals surface area contributed by atoms with E-state index in [9.17, 15) is 28.8 Å². The molecule has 52 heavy (non-hydrogen) atoms. The molecule has 1 saturated heterocycles. The molecule has 3 fully saturated rings. The van der Waals surface area contributed by atoms with Crippen LogP contribution in [0.4, 0.5) is 0 Å². The van der Waals surface area contributed by atoms with Crippen LogP contribution < -0.4 is 30.7 Å². The van der Waals surface area contributed by atoms with Crippen LogP contribution in [0.15, 0.2) is 42.9 Å². The minimum absolute atomic E-state index is 0.0123. The number of Topliss-reactive ketones (excluding diaryl/α,β-unsaturated/α-hetero) is 1. The zero-order valence-corrected chi connectivity index (χ0v) is 30.0. The van der Waals surface area contributed by atoms with E-state index in [-0.39, 0.29) is 37.0 Å². The molecule has 3 aliphatic rings. The molecule has 1 aromatic carbocycles. The molecular formula is C37H49N7O8. The number of hydrogen-bond acceptors (Lipinski definition) is 10. The van der Waals surface area contributed by atoms with Gasteiger partial charge in [0.15, 0.2) is 0 Å². The summed E-state index contributed by atoms with van der Waals surface area (Å²) in [6.07, 6.45) is 10.3. The number of aromatic nitrogens is 2. The fraction of sp³-hybridized carbons (Fsp3) is 0.568. The number of amides is 5. The number of rotatable bonds is 16. The Kier molecular flexibility index (Phi) is 13.1. The number of carbonyl (C=O) groups is 6. The minimum atomic E-state index is -1.09. The molecule has 5 amide bonds. The minimum Gasteiger partial charge on any atom is -0.497 e. The topological polar surface area (TPSA) is 198 Å². The lowest BCUT2D eigenvalue weighted by Gasteiger charge is -2.32. The van der Waals surface area contributed by atoms with E-state index in [2.05, 4.69) is 31.2 Å². The van der Waals surface area contributed by atoms with Crippen molar-refractivity contribution in [1.82, 2.24) is 36.1 Å². The Bertz CT molecular complexity index is 1600. The normalized spacial score (nSPS) is 20.5. The zero-order chi connectivity index (χ0) is 37.2. The summed E-state index contributed by atoms with van der Waals surface area (Å²) >= 11 is 0. The summed E-state index contributed by atoms with van der Waals surface area (Å²) in [6, 6.07) is 2.78. The molecule has 2 heterocycles. The Balaban J connectivity index is 1.32. The maximum absolute atomic E-state index is 14.1. The highest BCUT2D eigenvalue weighted by molar-refractivity contribution is 6.38. The first-order valence-electron chi connectivity index (χ1n) is 18.2. The second-order valence-corrected chi connectivity index (χ2v) is 13.8. The van der Waals surface area contributed by atoms with E-state index < -0.39 is 65.6 Å². The third-order valence-corrected chi connectivity index (χ3v) is 9.75. The highest BCUT2D eigenvalue weighted by Crippen LogP contribution is 2.29. The third kappa shape index (κ3) is 10.0. The van der Waals surface area contributed by atoms with Gasteiger partial charge in [0.25, 0.3) is 11.8 Å². The first-order chi connectivity index (χ1) is 25.1. The molecule has 2 aromatic rings. The number of likely N-dealkylation sites (tertiary alicyclic amines) is 1. The van der Waals surface area contributed by atoms with E-state index >= 15 is 0 Å². The molecule has 4 N–H and O–H groups in total. The van der Waals surface area contributed by atoms with Crippen molar-refractivity contribution in [2.24, 2.45) is 5.92 Å². The molecule has 0 bridgehead atoms. The van der Waals surface area contributed by atoms with Gasteiger partial charge in [0.2, 0.25) is 23.5 Å². The molecule has 0 spiro atoms. The van der Waals surface area contributed by atoms with Crippen molar-refractivity contribution in [1.29, 1.82) is 0 Å². The molecule has 280 valence electrons. The SMILES string of the molecule is CCC[C@H](NC(=O)[C@@H]1C[C@@H](Oc2cccc(OC)c2)CN1C(=O)[C@H](C)NC(=O)[C@@H](NC(=O)c1cnccn1)C1CCCCC1)C(=O)C(=O)NC1CC1. The molecule has 5 atom stereocenters. The van der Waals surface area contributed by atoms with Crippen molar-refractivity contribution in [2.75, 3.05) is 13.7 Å². The Morgan fingerprint density at radius 1 is 0.962 bits per heavy atom. The Hall–Kier alpha value is -5.08. The fourth-order valence-electron chi connectivity index (χ4n) is 6.82. The number of methoxy groups -OCH3 is 1. The molecule has 0 radical (unpaired) electrons. The van der Waals surface area contributed by atoms with Crippen molar-refractivity contribution in [3.63, 3.8) is 0 Å². The molecule has 0 unspecified atom stereocenters. The summed E-state index contributed by atoms with van der Waals surface area (Å²) in [5.41, 5.74) is 0.0677. The van der Waals surface area contributed by atoms with Crippen LogP contribution >= 0.6 is 0 Å². The van der Waals surface area contributed by atoms with Gasteiger partial charge < -0.3 is 35.6 Å². The van der Waals surface area contributed by atoms with E-state index in [0.29, 0.717) is 17.9 Å². The predicted molar refractivity (Wildman–Crippen MR) is 188 cm³/mol. The summed E-state index contributed by atoms with van der Waals surface area (Å²) in [7, 11) is 1.53. The van der Waals surface area contributed by atoms with E-state index in [1.54, 1.807) is 24.3 Å². The van der Waals surface area contributed by atoms with E-state index in [4.69, 9.17) is 9.47 Å². The van der Waals surface area contributed by atoms with Crippen LogP contribution in [0.5, 0.6) is 11.5 Å². The van der Waals surface area contributed by atoms with Gasteiger partial charge in [0.1, 0.15) is 41.4 Å². The number of carbonyl (C=O) groups excluding carboxylic acids is 6. The maximum Gasteiger partial charge on any atom is 0.289 e. The van der Waals surface area contributed by atoms with Gasteiger partial charge in [-0.05, 0) is 57.1 Å². The molecule has 15 nitrogen and oxygen atoms in total. The smallest absolute Gasteiger partial charge is 0.289 e. The van der Waals surface area contributed by atoms with Gasteiger partial charge in [0, 0.05) is 30.9 Å². The van der Waals surface area contributed by atoms with Gasteiger partial charge in [-0.2, -0.15) is 0 Å². The van der Waals surface area contributed by atoms with Crippen LogP contribution in [0.25, 0.3) is 0 Å². The number of ketones is 1. The van der Waals surface area contributed by atoms with Crippen LogP contribution in [0.3, 0.4) is 0 Å². The summed E-state index contributed by atoms with van der Waals surface area (Å²) in [5.74, 6) is -2.80. The van der Waals surface area contributed by atoms with Crippen LogP contribution in [0.1, 0.15) is 88.5 Å². The van der Waals surface area contributed by atoms with Crippen molar-refractivity contribution in [2.45, 2.75) is 114 Å². The van der Waals surface area contributed by atoms with Crippen molar-refractivity contribution in [3.8, 4) is 11.5 Å². The van der Waals surface area contributed by atoms with Gasteiger partial charge in [0.05, 0.1) is 25.9 Å². The summed E-state index contributed by atoms with van der Waals surface area (Å²) in [4.78, 5) is 90.0. The monoisotopic (exact) mass is 719 g/mol. The van der Waals surface area contributed by atoms with Gasteiger partial charge in [-0.25, -0.2) is 4.98 Å². The van der Waals surface area contributed by atoms with Crippen LogP contribution in [-0.2, 0) is 24.0 Å². The average Bonchev–Trinajstić information content (AvgIpc) is 3.88. The molecule has 2 aliphatic carbocycles. The first kappa shape index (κ1) is 38.2. The van der Waals surface area contributed by atoms with Crippen molar-refractivity contribution in [3.05, 3.63) is 48.5 Å². The molecular weight excluding hydrogens is 670 g/mol. The average molecular weight is 720 g/mol. The molecule has 1 aromatic heterocycles. The largest absolute Gasteiger partial charge is 0.497 e. The Morgan fingerprint density at radius 3 is 2.38 bits per heavy atom. The second kappa shape index (κ2) is 17.9. The van der Waals surface area contributed by atoms with Crippen molar-refractivity contribution >= 4 is 35.3 Å². The van der Waals surface area contributed by atoms with Crippen LogP contribution in [-0.4, -0.2) is 100 Å². The number of benzene rings is 1. The van der Waals surface area contributed by atoms with E-state index in [1.807, 2.05) is 6.92 Å². The van der Waals surface area contributed by atoms with Gasteiger partial charge in [-0.3, -0.25) is 33.8 Å². The Morgan fingerprint density at radius 2 is 1.71 bits per heavy atom. The van der Waals surface area contributed by atoms with Gasteiger partial charge in [-0.15, -0.1) is 0 Å². The first-order valence-corrected chi connectivity index (χ1v) is 18.2. The lowest BCUT2D eigenvalue weighted by atomic mass is 9.83. The number of hydrogen-bond donors (Lipinski definition) is 4. The lowest BCUT2D eigenvalue weighted by molar-refractivity contribution is -0.143. The zero-order valence-electron chi connectivity index (χ0n) is 30.0. The van der Waals surface area contributed by atoms with Gasteiger partial charge >= 0.3 is 0 Å². The molecule has 1 aliphatic heterocycles. The number of nitrogens with one attached hydrogen (secondary N) is 4. The fourth-order valence-corrected chi connectivity index (χ4v) is 6.82. The van der Waals surface area contributed by atoms with Gasteiger partial charge in [-0.1, -0.05) is 38.7 Å². The summed E-state index contributed by atoms with van der Waals surface area (Å²) in [6.45, 7) is 3.38. The second-order valence-electron chi connectivity index (χ2n) is 13.8. The summed E-state index contributed by atoms with van der Waals surface area (Å²) in [5, 5.41) is 11.0. The number of ether oxygens (including phenoxy) is 2. The van der Waals surface area contributed by atoms with E-state index in [0.717, 1.165) is 44.9 Å². The molecule has 2 saturated carbocycles. The number of nitrogens with zero attached hydrogens (tertiary/aromatic N) is 3. The molecule has 5 rings (SSSR count). The van der Waals surface area contributed by atoms with Crippen LogP contribution in [0, 0.1) is 5.92 Å². The predicted octanol–water partition coefficient (Wildman–Crippen LogP) is 1.85. The quantitative estimate of drug-likeness (QED) is 0.186. The standard InChI is InChI=1S/C37H49N7O8/c1-4-9-28(32(45)36(49)41-24-14-15-24)42-34(47)30-19-27(52-26-13-8-12-25(18-26)51-3)21-44(30)37(50)22(2)40-35(48)31(23-10-6-5-7-11-23)43-33(46)29-20-38-16-17-39-29/h8,12-13,16-18,20,22-24,27-28,30-31H,4-7,9-11,14-15,19,21H2,1-3H3,(H,40,48)(H,41,49)(H,42,47)(H,43,46)/t22-,27+,28-,30-,31-/m0/s1. The maximum atomic E-state index is 14.1. The highest BCUT2D eigenvalue weighted by Gasteiger charge is 2.44. The Labute approximate surface area is 303 Å². The summed E-state index contributed by atoms with van der Waals surface area (Å²) < 4.78 is 11.5. The molecule has 15 heteroatoms. The third-order valence-electron chi connectivity index (χ3n) is 9.75.